The summed E-state index contributed by atoms with van der Waals surface area (Å²) in [7, 11) is 0. The fraction of sp³-hybridized carbons (Fsp3) is 0.188. The van der Waals surface area contributed by atoms with Gasteiger partial charge in [0.1, 0.15) is 6.23 Å². The van der Waals surface area contributed by atoms with Gasteiger partial charge in [-0.2, -0.15) is 0 Å². The summed E-state index contributed by atoms with van der Waals surface area (Å²) in [4.78, 5) is 4.53. The fourth-order valence-electron chi connectivity index (χ4n) is 2.03. The Morgan fingerprint density at radius 3 is 2.83 bits per heavy atom. The Hall–Kier alpha value is -1.31. The number of halogens is 1. The van der Waals surface area contributed by atoms with Gasteiger partial charge in [-0.05, 0) is 35.9 Å². The van der Waals surface area contributed by atoms with Crippen molar-refractivity contribution < 1.29 is 5.11 Å². The van der Waals surface area contributed by atoms with Crippen LogP contribution in [0.4, 0.5) is 5.69 Å². The summed E-state index contributed by atoms with van der Waals surface area (Å²) in [5.74, 6) is 0.531. The number of nitrogens with two attached hydrogens (primary N) is 1. The van der Waals surface area contributed by atoms with E-state index in [2.05, 4.69) is 10.3 Å². The first-order valence-corrected chi connectivity index (χ1v) is 9.23. The van der Waals surface area contributed by atoms with Crippen molar-refractivity contribution in [2.24, 2.45) is 0 Å². The van der Waals surface area contributed by atoms with Crippen molar-refractivity contribution in [1.82, 2.24) is 10.3 Å². The molecule has 0 spiro atoms. The second-order valence-electron chi connectivity index (χ2n) is 5.04. The van der Waals surface area contributed by atoms with Crippen LogP contribution in [0, 0.1) is 0 Å². The quantitative estimate of drug-likeness (QED) is 0.352. The molecule has 0 saturated carbocycles. The number of rotatable bonds is 6. The van der Waals surface area contributed by atoms with Crippen molar-refractivity contribution in [3.63, 3.8) is 0 Å². The number of hydrogen-bond acceptors (Lipinski definition) is 6. The van der Waals surface area contributed by atoms with Crippen LogP contribution in [0.2, 0.25) is 5.02 Å². The number of aromatic nitrogens is 1. The molecule has 2 aromatic carbocycles. The number of fused-ring (bicyclic) bond motifs is 1. The van der Waals surface area contributed by atoms with Gasteiger partial charge in [0.15, 0.2) is 4.34 Å². The average Bonchev–Trinajstić information content (AvgIpc) is 2.94. The Kier molecular flexibility index (Phi) is 5.40. The maximum absolute atomic E-state index is 10.0. The number of hydrogen-bond donors (Lipinski definition) is 3. The van der Waals surface area contributed by atoms with E-state index in [9.17, 15) is 5.11 Å². The normalized spacial score (nSPS) is 12.6. The van der Waals surface area contributed by atoms with Crippen molar-refractivity contribution in [2.45, 2.75) is 17.1 Å². The molecule has 0 saturated heterocycles. The Balaban J connectivity index is 1.51. The number of aliphatic hydroxyl groups excluding tert-OH is 1. The summed E-state index contributed by atoms with van der Waals surface area (Å²) in [5, 5.41) is 13.8. The smallest absolute Gasteiger partial charge is 0.151 e. The molecule has 1 unspecified atom stereocenters. The van der Waals surface area contributed by atoms with Gasteiger partial charge in [-0.3, -0.25) is 5.32 Å². The molecule has 3 rings (SSSR count). The molecule has 0 amide bonds. The van der Waals surface area contributed by atoms with Crippen LogP contribution in [0.1, 0.15) is 5.56 Å². The Morgan fingerprint density at radius 1 is 1.26 bits per heavy atom. The monoisotopic (exact) mass is 365 g/mol. The fourth-order valence-corrected chi connectivity index (χ4v) is 4.19. The molecule has 1 aromatic heterocycles. The molecule has 120 valence electrons. The molecule has 0 aliphatic heterocycles. The summed E-state index contributed by atoms with van der Waals surface area (Å²) in [6.07, 6.45) is -0.604. The van der Waals surface area contributed by atoms with Crippen molar-refractivity contribution in [1.29, 1.82) is 0 Å². The summed E-state index contributed by atoms with van der Waals surface area (Å²) < 4.78 is 1.99. The first-order chi connectivity index (χ1) is 11.1. The zero-order chi connectivity index (χ0) is 16.2. The lowest BCUT2D eigenvalue weighted by Crippen LogP contribution is -2.30. The number of anilines is 1. The van der Waals surface area contributed by atoms with E-state index < -0.39 is 6.23 Å². The van der Waals surface area contributed by atoms with Crippen LogP contribution in [0.5, 0.6) is 0 Å². The topological polar surface area (TPSA) is 71.2 Å². The zero-order valence-electron chi connectivity index (χ0n) is 12.2. The molecule has 3 aromatic rings. The Bertz CT molecular complexity index is 792. The number of benzene rings is 2. The predicted molar refractivity (Wildman–Crippen MR) is 99.1 cm³/mol. The number of thioether (sulfide) groups is 1. The minimum Gasteiger partial charge on any atom is -0.399 e. The van der Waals surface area contributed by atoms with Crippen LogP contribution in [0.25, 0.3) is 10.2 Å². The van der Waals surface area contributed by atoms with Gasteiger partial charge in [0.05, 0.1) is 10.2 Å². The van der Waals surface area contributed by atoms with Crippen LogP contribution in [-0.2, 0) is 6.54 Å². The number of nitrogens with zero attached hydrogens (tertiary/aromatic N) is 1. The standard InChI is InChI=1S/C16H16ClN3OS2/c17-11-3-1-10(2-4-11)8-19-15(21)9-22-16-20-13-6-5-12(18)7-14(13)23-16/h1-7,15,19,21H,8-9,18H2. The third kappa shape index (κ3) is 4.59. The molecule has 0 aliphatic rings. The third-order valence-corrected chi connectivity index (χ3v) is 5.70. The molecular formula is C16H16ClN3OS2. The maximum atomic E-state index is 10.0. The lowest BCUT2D eigenvalue weighted by Gasteiger charge is -2.11. The minimum absolute atomic E-state index is 0.531. The van der Waals surface area contributed by atoms with Gasteiger partial charge >= 0.3 is 0 Å². The van der Waals surface area contributed by atoms with Crippen LogP contribution < -0.4 is 11.1 Å². The third-order valence-electron chi connectivity index (χ3n) is 3.21. The van der Waals surface area contributed by atoms with Gasteiger partial charge in [0, 0.05) is 23.0 Å². The van der Waals surface area contributed by atoms with Crippen molar-refractivity contribution in [3.05, 3.63) is 53.1 Å². The molecule has 0 fully saturated rings. The highest BCUT2D eigenvalue weighted by molar-refractivity contribution is 8.01. The van der Waals surface area contributed by atoms with Crippen molar-refractivity contribution in [2.75, 3.05) is 11.5 Å². The van der Waals surface area contributed by atoms with E-state index in [1.54, 1.807) is 11.3 Å². The van der Waals surface area contributed by atoms with Gasteiger partial charge in [-0.1, -0.05) is 35.5 Å². The zero-order valence-corrected chi connectivity index (χ0v) is 14.6. The largest absolute Gasteiger partial charge is 0.399 e. The molecule has 23 heavy (non-hydrogen) atoms. The summed E-state index contributed by atoms with van der Waals surface area (Å²) in [6, 6.07) is 13.2. The number of aliphatic hydroxyl groups is 1. The second-order valence-corrected chi connectivity index (χ2v) is 7.78. The van der Waals surface area contributed by atoms with Gasteiger partial charge in [-0.15, -0.1) is 11.3 Å². The molecule has 4 N–H and O–H groups in total. The lowest BCUT2D eigenvalue weighted by atomic mass is 10.2. The van der Waals surface area contributed by atoms with Gasteiger partial charge < -0.3 is 10.8 Å². The highest BCUT2D eigenvalue weighted by Gasteiger charge is 2.09. The number of nitrogen functional groups attached to an aromatic ring is 1. The van der Waals surface area contributed by atoms with E-state index in [1.807, 2.05) is 42.5 Å². The summed E-state index contributed by atoms with van der Waals surface area (Å²) in [6.45, 7) is 0.593. The molecule has 1 atom stereocenters. The van der Waals surface area contributed by atoms with Crippen molar-refractivity contribution >= 4 is 50.6 Å². The molecule has 0 aliphatic carbocycles. The molecule has 0 radical (unpaired) electrons. The Labute approximate surface area is 147 Å². The number of nitrogens with one attached hydrogen (secondary N) is 1. The Morgan fingerprint density at radius 2 is 2.04 bits per heavy atom. The van der Waals surface area contributed by atoms with Gasteiger partial charge in [0.2, 0.25) is 0 Å². The minimum atomic E-state index is -0.604. The summed E-state index contributed by atoms with van der Waals surface area (Å²) in [5.41, 5.74) is 8.53. The molecule has 1 heterocycles. The van der Waals surface area contributed by atoms with Crippen LogP contribution in [-0.4, -0.2) is 22.1 Å². The second kappa shape index (κ2) is 7.51. The lowest BCUT2D eigenvalue weighted by molar-refractivity contribution is 0.159. The molecular weight excluding hydrogens is 350 g/mol. The van der Waals surface area contributed by atoms with Crippen LogP contribution in [0.3, 0.4) is 0 Å². The highest BCUT2D eigenvalue weighted by atomic mass is 35.5. The highest BCUT2D eigenvalue weighted by Crippen LogP contribution is 2.30. The molecule has 4 nitrogen and oxygen atoms in total. The average molecular weight is 366 g/mol. The molecule has 7 heteroatoms. The van der Waals surface area contributed by atoms with Gasteiger partial charge in [-0.25, -0.2) is 4.98 Å². The molecule has 0 bridgehead atoms. The number of thiazole rings is 1. The SMILES string of the molecule is Nc1ccc2nc(SCC(O)NCc3ccc(Cl)cc3)sc2c1. The van der Waals surface area contributed by atoms with E-state index in [0.717, 1.165) is 25.8 Å². The van der Waals surface area contributed by atoms with Crippen LogP contribution in [0.15, 0.2) is 46.8 Å². The van der Waals surface area contributed by atoms with E-state index in [4.69, 9.17) is 17.3 Å². The van der Waals surface area contributed by atoms with E-state index in [0.29, 0.717) is 17.3 Å². The maximum Gasteiger partial charge on any atom is 0.151 e. The van der Waals surface area contributed by atoms with E-state index in [-0.39, 0.29) is 0 Å². The van der Waals surface area contributed by atoms with Crippen LogP contribution >= 0.6 is 34.7 Å². The first kappa shape index (κ1) is 16.5. The van der Waals surface area contributed by atoms with E-state index in [1.165, 1.54) is 11.8 Å². The van der Waals surface area contributed by atoms with Gasteiger partial charge in [0.25, 0.3) is 0 Å². The first-order valence-electron chi connectivity index (χ1n) is 7.05. The predicted octanol–water partition coefficient (Wildman–Crippen LogP) is 3.73. The summed E-state index contributed by atoms with van der Waals surface area (Å²) >= 11 is 8.97. The van der Waals surface area contributed by atoms with E-state index >= 15 is 0 Å². The van der Waals surface area contributed by atoms with Crippen molar-refractivity contribution in [3.8, 4) is 0 Å².